The van der Waals surface area contributed by atoms with Crippen LogP contribution in [0, 0.1) is 6.92 Å². The number of thiazole rings is 1. The Bertz CT molecular complexity index is 1690. The maximum Gasteiger partial charge on any atom is 0.357 e. The van der Waals surface area contributed by atoms with E-state index in [1.54, 1.807) is 37.9 Å². The SMILES string of the molecule is COC(=O)c1nc(NC(=O)C(CCSC)Nc2ccc3c(cc2=O)C(NC(C)=O)CCc2cc(OC)c(OC)c(OC)c2-3)sc1C. The Kier molecular flexibility index (Phi) is 11.5. The molecule has 0 saturated heterocycles. The second-order valence-corrected chi connectivity index (χ2v) is 12.7. The number of methoxy groups -OCH3 is 4. The number of carbonyl (C=O) groups excluding carboxylic acids is 3. The fourth-order valence-electron chi connectivity index (χ4n) is 5.45. The molecule has 0 bridgehead atoms. The van der Waals surface area contributed by atoms with Crippen LogP contribution in [0.1, 0.15) is 52.3 Å². The summed E-state index contributed by atoms with van der Waals surface area (Å²) in [6, 6.07) is 5.55. The summed E-state index contributed by atoms with van der Waals surface area (Å²) in [6.07, 6.45) is 3.42. The number of aryl methyl sites for hydroxylation is 2. The molecule has 3 aromatic rings. The first kappa shape index (κ1) is 34.6. The molecule has 2 aromatic carbocycles. The van der Waals surface area contributed by atoms with Crippen LogP contribution in [0.15, 0.2) is 29.1 Å². The molecular formula is C32H38N4O8S2. The van der Waals surface area contributed by atoms with Crippen LogP contribution < -0.4 is 35.6 Å². The fraction of sp³-hybridized carbons (Fsp3) is 0.406. The van der Waals surface area contributed by atoms with Crippen LogP contribution in [-0.2, 0) is 20.7 Å². The molecule has 1 aromatic heterocycles. The summed E-state index contributed by atoms with van der Waals surface area (Å²) in [5.74, 6) is 0.746. The number of nitrogens with zero attached hydrogens (tertiary/aromatic N) is 1. The van der Waals surface area contributed by atoms with E-state index in [-0.39, 0.29) is 27.8 Å². The van der Waals surface area contributed by atoms with Gasteiger partial charge in [-0.05, 0) is 73.1 Å². The van der Waals surface area contributed by atoms with Gasteiger partial charge in [-0.25, -0.2) is 9.78 Å². The van der Waals surface area contributed by atoms with E-state index in [0.717, 1.165) is 22.5 Å². The number of hydrogen-bond donors (Lipinski definition) is 3. The van der Waals surface area contributed by atoms with Crippen LogP contribution in [0.2, 0.25) is 0 Å². The highest BCUT2D eigenvalue weighted by molar-refractivity contribution is 7.98. The van der Waals surface area contributed by atoms with Crippen molar-refractivity contribution in [3.63, 3.8) is 0 Å². The molecule has 12 nitrogen and oxygen atoms in total. The first-order chi connectivity index (χ1) is 22.1. The largest absolute Gasteiger partial charge is 0.493 e. The average molecular weight is 671 g/mol. The van der Waals surface area contributed by atoms with E-state index >= 15 is 0 Å². The van der Waals surface area contributed by atoms with E-state index < -0.39 is 24.0 Å². The number of amides is 2. The molecule has 1 aliphatic rings. The lowest BCUT2D eigenvalue weighted by Crippen LogP contribution is -2.36. The summed E-state index contributed by atoms with van der Waals surface area (Å²) in [5, 5.41) is 9.17. The van der Waals surface area contributed by atoms with Gasteiger partial charge in [-0.3, -0.25) is 14.4 Å². The van der Waals surface area contributed by atoms with Gasteiger partial charge in [-0.2, -0.15) is 11.8 Å². The molecular weight excluding hydrogens is 633 g/mol. The standard InChI is InChI=1S/C32H38N4O8S2/c1-16-27(31(40)44-6)35-32(46-16)36-30(39)23(12-13-45-7)34-22-11-9-19-20(15-24(22)38)21(33-17(2)37)10-8-18-14-25(41-3)28(42-4)29(43-5)26(18)19/h9,11,14-15,21,23H,8,10,12-13H2,1-7H3,(H,33,37)(H,34,38)(H,35,36,39). The molecule has 0 radical (unpaired) electrons. The number of hydrogen-bond acceptors (Lipinski definition) is 12. The van der Waals surface area contributed by atoms with Crippen LogP contribution in [0.3, 0.4) is 0 Å². The molecule has 4 rings (SSSR count). The van der Waals surface area contributed by atoms with Crippen molar-refractivity contribution in [2.24, 2.45) is 0 Å². The Hall–Kier alpha value is -4.30. The minimum absolute atomic E-state index is 0.133. The number of rotatable bonds is 12. The van der Waals surface area contributed by atoms with E-state index in [4.69, 9.17) is 18.9 Å². The predicted molar refractivity (Wildman–Crippen MR) is 180 cm³/mol. The molecule has 14 heteroatoms. The van der Waals surface area contributed by atoms with Gasteiger partial charge in [-0.1, -0.05) is 6.07 Å². The molecule has 0 saturated carbocycles. The summed E-state index contributed by atoms with van der Waals surface area (Å²) in [4.78, 5) is 56.4. The fourth-order valence-corrected chi connectivity index (χ4v) is 6.72. The van der Waals surface area contributed by atoms with E-state index in [9.17, 15) is 19.2 Å². The quantitative estimate of drug-likeness (QED) is 0.232. The minimum Gasteiger partial charge on any atom is -0.493 e. The molecule has 2 unspecified atom stereocenters. The summed E-state index contributed by atoms with van der Waals surface area (Å²) < 4.78 is 21.9. The summed E-state index contributed by atoms with van der Waals surface area (Å²) >= 11 is 2.72. The molecule has 0 aliphatic heterocycles. The maximum atomic E-state index is 13.8. The lowest BCUT2D eigenvalue weighted by molar-refractivity contribution is -0.120. The third kappa shape index (κ3) is 7.39. The van der Waals surface area contributed by atoms with Gasteiger partial charge in [-0.15, -0.1) is 11.3 Å². The lowest BCUT2D eigenvalue weighted by atomic mass is 9.95. The number of aromatic nitrogens is 1. The highest BCUT2D eigenvalue weighted by Gasteiger charge is 2.30. The van der Waals surface area contributed by atoms with Crippen molar-refractivity contribution in [3.05, 3.63) is 56.2 Å². The topological polar surface area (TPSA) is 154 Å². The Morgan fingerprint density at radius 1 is 1.09 bits per heavy atom. The molecule has 2 atom stereocenters. The number of ether oxygens (including phenoxy) is 4. The second-order valence-electron chi connectivity index (χ2n) is 10.5. The third-order valence-corrected chi connectivity index (χ3v) is 9.11. The first-order valence-corrected chi connectivity index (χ1v) is 16.7. The molecule has 1 heterocycles. The zero-order valence-electron chi connectivity index (χ0n) is 26.8. The third-order valence-electron chi connectivity index (χ3n) is 7.58. The van der Waals surface area contributed by atoms with Crippen LogP contribution in [-0.4, -0.2) is 69.3 Å². The average Bonchev–Trinajstić information content (AvgIpc) is 3.24. The Morgan fingerprint density at radius 3 is 2.46 bits per heavy atom. The second kappa shape index (κ2) is 15.3. The van der Waals surface area contributed by atoms with Crippen molar-refractivity contribution < 1.29 is 33.3 Å². The normalized spacial score (nSPS) is 14.1. The Balaban J connectivity index is 1.80. The van der Waals surface area contributed by atoms with E-state index in [1.165, 1.54) is 34.3 Å². The van der Waals surface area contributed by atoms with E-state index in [1.807, 2.05) is 12.3 Å². The van der Waals surface area contributed by atoms with Crippen molar-refractivity contribution in [1.29, 1.82) is 0 Å². The van der Waals surface area contributed by atoms with Crippen molar-refractivity contribution in [2.75, 3.05) is 51.1 Å². The van der Waals surface area contributed by atoms with Crippen molar-refractivity contribution in [3.8, 4) is 28.4 Å². The number of anilines is 2. The van der Waals surface area contributed by atoms with Gasteiger partial charge in [0.1, 0.15) is 6.04 Å². The first-order valence-electron chi connectivity index (χ1n) is 14.5. The van der Waals surface area contributed by atoms with Crippen molar-refractivity contribution >= 4 is 51.7 Å². The van der Waals surface area contributed by atoms with Gasteiger partial charge < -0.3 is 34.9 Å². The van der Waals surface area contributed by atoms with Crippen LogP contribution in [0.25, 0.3) is 11.1 Å². The van der Waals surface area contributed by atoms with Gasteiger partial charge in [0, 0.05) is 17.4 Å². The highest BCUT2D eigenvalue weighted by atomic mass is 32.2. The number of fused-ring (bicyclic) bond motifs is 3. The van der Waals surface area contributed by atoms with Gasteiger partial charge in [0.15, 0.2) is 22.3 Å². The lowest BCUT2D eigenvalue weighted by Gasteiger charge is -2.19. The summed E-state index contributed by atoms with van der Waals surface area (Å²) in [5.41, 5.74) is 2.88. The molecule has 1 aliphatic carbocycles. The number of thioether (sulfide) groups is 1. The zero-order valence-corrected chi connectivity index (χ0v) is 28.5. The zero-order chi connectivity index (χ0) is 33.5. The molecule has 2 amide bonds. The maximum absolute atomic E-state index is 13.8. The summed E-state index contributed by atoms with van der Waals surface area (Å²) in [6.45, 7) is 3.15. The predicted octanol–water partition coefficient (Wildman–Crippen LogP) is 4.59. The van der Waals surface area contributed by atoms with Crippen LogP contribution in [0.4, 0.5) is 10.8 Å². The van der Waals surface area contributed by atoms with Crippen molar-refractivity contribution in [2.45, 2.75) is 45.2 Å². The Morgan fingerprint density at radius 2 is 1.83 bits per heavy atom. The minimum atomic E-state index is -0.801. The van der Waals surface area contributed by atoms with E-state index in [0.29, 0.717) is 58.3 Å². The number of esters is 1. The van der Waals surface area contributed by atoms with Crippen LogP contribution in [0.5, 0.6) is 17.2 Å². The smallest absolute Gasteiger partial charge is 0.357 e. The van der Waals surface area contributed by atoms with E-state index in [2.05, 4.69) is 20.9 Å². The van der Waals surface area contributed by atoms with Crippen LogP contribution >= 0.6 is 23.1 Å². The molecule has 46 heavy (non-hydrogen) atoms. The van der Waals surface area contributed by atoms with Gasteiger partial charge in [0.2, 0.25) is 23.0 Å². The highest BCUT2D eigenvalue weighted by Crippen LogP contribution is 2.50. The summed E-state index contributed by atoms with van der Waals surface area (Å²) in [7, 11) is 5.88. The monoisotopic (exact) mass is 670 g/mol. The number of nitrogens with one attached hydrogen (secondary N) is 3. The number of benzene rings is 1. The molecule has 0 fully saturated rings. The van der Waals surface area contributed by atoms with Gasteiger partial charge in [0.05, 0.1) is 40.2 Å². The number of carbonyl (C=O) groups is 3. The Labute approximate surface area is 275 Å². The molecule has 0 spiro atoms. The van der Waals surface area contributed by atoms with Gasteiger partial charge in [0.25, 0.3) is 0 Å². The van der Waals surface area contributed by atoms with Crippen molar-refractivity contribution in [1.82, 2.24) is 10.3 Å². The molecule has 3 N–H and O–H groups in total. The molecule has 246 valence electrons. The van der Waals surface area contributed by atoms with Gasteiger partial charge >= 0.3 is 5.97 Å².